The van der Waals surface area contributed by atoms with Gasteiger partial charge in [-0.15, -0.1) is 0 Å². The highest BCUT2D eigenvalue weighted by atomic mass is 16.1. The molecule has 126 valence electrons. The van der Waals surface area contributed by atoms with E-state index >= 15 is 0 Å². The number of anilines is 1. The Morgan fingerprint density at radius 1 is 0.760 bits per heavy atom. The van der Waals surface area contributed by atoms with Crippen LogP contribution in [0.5, 0.6) is 0 Å². The molecule has 3 aromatic rings. The number of amides is 1. The van der Waals surface area contributed by atoms with Crippen molar-refractivity contribution in [3.05, 3.63) is 101 Å². The fourth-order valence-electron chi connectivity index (χ4n) is 3.36. The molecule has 2 nitrogen and oxygen atoms in total. The molecule has 0 atom stereocenters. The quantitative estimate of drug-likeness (QED) is 0.684. The standard InChI is InChI=1S/C23H23NO/c1-16-14-17(2)22(18(3)15-16)24-23(25)21(19-10-6-4-7-11-19)20-12-8-5-9-13-20/h4-15,21H,1-3H3,(H,24,25). The fraction of sp³-hybridized carbons (Fsp3) is 0.174. The molecule has 1 N–H and O–H groups in total. The second-order valence-electron chi connectivity index (χ2n) is 6.52. The molecule has 0 radical (unpaired) electrons. The summed E-state index contributed by atoms with van der Waals surface area (Å²) in [5.41, 5.74) is 6.28. The van der Waals surface area contributed by atoms with E-state index < -0.39 is 0 Å². The maximum Gasteiger partial charge on any atom is 0.236 e. The van der Waals surface area contributed by atoms with Gasteiger partial charge in [0.2, 0.25) is 5.91 Å². The smallest absolute Gasteiger partial charge is 0.236 e. The summed E-state index contributed by atoms with van der Waals surface area (Å²) in [5, 5.41) is 3.16. The minimum Gasteiger partial charge on any atom is -0.325 e. The molecule has 2 heteroatoms. The van der Waals surface area contributed by atoms with Crippen LogP contribution in [0, 0.1) is 20.8 Å². The predicted octanol–water partition coefficient (Wildman–Crippen LogP) is 5.38. The van der Waals surface area contributed by atoms with E-state index in [0.717, 1.165) is 27.9 Å². The lowest BCUT2D eigenvalue weighted by molar-refractivity contribution is -0.116. The van der Waals surface area contributed by atoms with E-state index in [1.807, 2.05) is 74.5 Å². The van der Waals surface area contributed by atoms with Crippen molar-refractivity contribution in [2.75, 3.05) is 5.32 Å². The first-order valence-corrected chi connectivity index (χ1v) is 8.55. The molecule has 0 saturated heterocycles. The number of carbonyl (C=O) groups excluding carboxylic acids is 1. The fourth-order valence-corrected chi connectivity index (χ4v) is 3.36. The number of hydrogen-bond acceptors (Lipinski definition) is 1. The van der Waals surface area contributed by atoms with Crippen LogP contribution in [0.25, 0.3) is 0 Å². The molecule has 0 aliphatic carbocycles. The van der Waals surface area contributed by atoms with Gasteiger partial charge < -0.3 is 5.32 Å². The average Bonchev–Trinajstić information content (AvgIpc) is 2.60. The van der Waals surface area contributed by atoms with E-state index in [4.69, 9.17) is 0 Å². The van der Waals surface area contributed by atoms with Gasteiger partial charge in [-0.05, 0) is 43.0 Å². The number of benzene rings is 3. The molecule has 1 amide bonds. The Kier molecular flexibility index (Phi) is 4.99. The number of nitrogens with one attached hydrogen (secondary N) is 1. The molecular weight excluding hydrogens is 306 g/mol. The Hall–Kier alpha value is -2.87. The van der Waals surface area contributed by atoms with Crippen molar-refractivity contribution in [1.29, 1.82) is 0 Å². The van der Waals surface area contributed by atoms with E-state index in [0.29, 0.717) is 0 Å². The Balaban J connectivity index is 1.99. The Bertz CT molecular complexity index is 807. The average molecular weight is 329 g/mol. The maximum atomic E-state index is 13.2. The summed E-state index contributed by atoms with van der Waals surface area (Å²) >= 11 is 0. The van der Waals surface area contributed by atoms with Crippen LogP contribution in [0.1, 0.15) is 33.7 Å². The molecule has 3 aromatic carbocycles. The van der Waals surface area contributed by atoms with Gasteiger partial charge in [-0.3, -0.25) is 4.79 Å². The van der Waals surface area contributed by atoms with Crippen LogP contribution in [0.4, 0.5) is 5.69 Å². The number of hydrogen-bond donors (Lipinski definition) is 1. The number of carbonyl (C=O) groups is 1. The van der Waals surface area contributed by atoms with Crippen molar-refractivity contribution >= 4 is 11.6 Å². The second-order valence-corrected chi connectivity index (χ2v) is 6.52. The third-order valence-electron chi connectivity index (χ3n) is 4.45. The molecule has 0 aliphatic heterocycles. The molecule has 0 spiro atoms. The number of aryl methyl sites for hydroxylation is 3. The van der Waals surface area contributed by atoms with Gasteiger partial charge in [0.15, 0.2) is 0 Å². The zero-order valence-electron chi connectivity index (χ0n) is 14.9. The summed E-state index contributed by atoms with van der Waals surface area (Å²) < 4.78 is 0. The lowest BCUT2D eigenvalue weighted by Gasteiger charge is -2.20. The number of rotatable bonds is 4. The Morgan fingerprint density at radius 2 is 1.20 bits per heavy atom. The maximum absolute atomic E-state index is 13.2. The molecule has 0 fully saturated rings. The topological polar surface area (TPSA) is 29.1 Å². The molecule has 3 rings (SSSR count). The van der Waals surface area contributed by atoms with Crippen molar-refractivity contribution in [3.63, 3.8) is 0 Å². The summed E-state index contributed by atoms with van der Waals surface area (Å²) in [5.74, 6) is -0.338. The molecule has 0 bridgehead atoms. The molecule has 0 aromatic heterocycles. The monoisotopic (exact) mass is 329 g/mol. The van der Waals surface area contributed by atoms with Crippen LogP contribution < -0.4 is 5.32 Å². The van der Waals surface area contributed by atoms with Crippen molar-refractivity contribution in [2.24, 2.45) is 0 Å². The Labute approximate surface area is 149 Å². The van der Waals surface area contributed by atoms with Gasteiger partial charge in [0.25, 0.3) is 0 Å². The van der Waals surface area contributed by atoms with E-state index in [-0.39, 0.29) is 11.8 Å². The predicted molar refractivity (Wildman–Crippen MR) is 104 cm³/mol. The van der Waals surface area contributed by atoms with E-state index in [2.05, 4.69) is 24.4 Å². The van der Waals surface area contributed by atoms with E-state index in [9.17, 15) is 4.79 Å². The minimum atomic E-state index is -0.331. The summed E-state index contributed by atoms with van der Waals surface area (Å²) in [6.07, 6.45) is 0. The van der Waals surface area contributed by atoms with Crippen LogP contribution >= 0.6 is 0 Å². The molecular formula is C23H23NO. The van der Waals surface area contributed by atoms with Crippen LogP contribution in [-0.2, 0) is 4.79 Å². The van der Waals surface area contributed by atoms with E-state index in [1.54, 1.807) is 0 Å². The van der Waals surface area contributed by atoms with Crippen LogP contribution in [0.3, 0.4) is 0 Å². The normalized spacial score (nSPS) is 10.7. The molecule has 0 saturated carbocycles. The first-order valence-electron chi connectivity index (χ1n) is 8.55. The van der Waals surface area contributed by atoms with Gasteiger partial charge >= 0.3 is 0 Å². The first kappa shape index (κ1) is 17.0. The van der Waals surface area contributed by atoms with Gasteiger partial charge in [0.1, 0.15) is 0 Å². The van der Waals surface area contributed by atoms with E-state index in [1.165, 1.54) is 5.56 Å². The van der Waals surface area contributed by atoms with Crippen molar-refractivity contribution in [1.82, 2.24) is 0 Å². The lowest BCUT2D eigenvalue weighted by atomic mass is 9.90. The SMILES string of the molecule is Cc1cc(C)c(NC(=O)C(c2ccccc2)c2ccccc2)c(C)c1. The van der Waals surface area contributed by atoms with Crippen molar-refractivity contribution in [3.8, 4) is 0 Å². The molecule has 0 heterocycles. The highest BCUT2D eigenvalue weighted by Crippen LogP contribution is 2.28. The zero-order valence-corrected chi connectivity index (χ0v) is 14.9. The third kappa shape index (κ3) is 3.80. The first-order chi connectivity index (χ1) is 12.1. The molecule has 0 unspecified atom stereocenters. The summed E-state index contributed by atoms with van der Waals surface area (Å²) in [6.45, 7) is 6.15. The Morgan fingerprint density at radius 3 is 1.64 bits per heavy atom. The van der Waals surface area contributed by atoms with Crippen molar-refractivity contribution in [2.45, 2.75) is 26.7 Å². The van der Waals surface area contributed by atoms with Gasteiger partial charge in [0.05, 0.1) is 5.92 Å². The summed E-state index contributed by atoms with van der Waals surface area (Å²) in [4.78, 5) is 13.2. The van der Waals surface area contributed by atoms with Crippen LogP contribution in [0.15, 0.2) is 72.8 Å². The lowest BCUT2D eigenvalue weighted by Crippen LogP contribution is -2.23. The minimum absolute atomic E-state index is 0.00699. The van der Waals surface area contributed by atoms with Gasteiger partial charge in [-0.25, -0.2) is 0 Å². The summed E-state index contributed by atoms with van der Waals surface area (Å²) in [7, 11) is 0. The molecule has 25 heavy (non-hydrogen) atoms. The third-order valence-corrected chi connectivity index (χ3v) is 4.45. The highest BCUT2D eigenvalue weighted by Gasteiger charge is 2.23. The van der Waals surface area contributed by atoms with Crippen LogP contribution in [-0.4, -0.2) is 5.91 Å². The van der Waals surface area contributed by atoms with Crippen molar-refractivity contribution < 1.29 is 4.79 Å². The molecule has 0 aliphatic rings. The van der Waals surface area contributed by atoms with Gasteiger partial charge in [-0.1, -0.05) is 78.4 Å². The summed E-state index contributed by atoms with van der Waals surface area (Å²) in [6, 6.07) is 24.1. The van der Waals surface area contributed by atoms with Gasteiger partial charge in [0, 0.05) is 5.69 Å². The zero-order chi connectivity index (χ0) is 17.8. The highest BCUT2D eigenvalue weighted by molar-refractivity contribution is 5.99. The van der Waals surface area contributed by atoms with Crippen LogP contribution in [0.2, 0.25) is 0 Å². The van der Waals surface area contributed by atoms with Gasteiger partial charge in [-0.2, -0.15) is 0 Å². The largest absolute Gasteiger partial charge is 0.325 e. The second kappa shape index (κ2) is 7.35.